The molecule has 0 atom stereocenters. The zero-order valence-corrected chi connectivity index (χ0v) is 12.4. The number of halogens is 3. The Hall–Kier alpha value is -2.24. The third kappa shape index (κ3) is 2.28. The second-order valence-corrected chi connectivity index (χ2v) is 6.12. The molecular formula is C16H15F3N2O. The molecular weight excluding hydrogens is 293 g/mol. The number of nitrogens with one attached hydrogen (secondary N) is 2. The summed E-state index contributed by atoms with van der Waals surface area (Å²) in [5.41, 5.74) is -0.638. The van der Waals surface area contributed by atoms with E-state index in [1.54, 1.807) is 12.1 Å². The van der Waals surface area contributed by atoms with Crippen LogP contribution in [0.3, 0.4) is 0 Å². The summed E-state index contributed by atoms with van der Waals surface area (Å²) in [7, 11) is 0. The SMILES string of the molecule is Cc1c(C(F)(F)F)c2cc3c(cc2[nH]c1=O)NC(C)(C)C=C3. The smallest absolute Gasteiger partial charge is 0.376 e. The number of hydrogen-bond acceptors (Lipinski definition) is 2. The first-order valence-electron chi connectivity index (χ1n) is 6.84. The minimum atomic E-state index is -4.57. The van der Waals surface area contributed by atoms with Gasteiger partial charge in [0.05, 0.1) is 16.6 Å². The lowest BCUT2D eigenvalue weighted by atomic mass is 9.94. The van der Waals surface area contributed by atoms with Crippen LogP contribution in [-0.2, 0) is 6.18 Å². The number of anilines is 1. The van der Waals surface area contributed by atoms with Crippen molar-refractivity contribution in [3.8, 4) is 0 Å². The number of aromatic amines is 1. The van der Waals surface area contributed by atoms with E-state index in [2.05, 4.69) is 10.3 Å². The quantitative estimate of drug-likeness (QED) is 0.770. The molecule has 0 saturated heterocycles. The lowest BCUT2D eigenvalue weighted by Gasteiger charge is -2.29. The first-order valence-corrected chi connectivity index (χ1v) is 6.84. The van der Waals surface area contributed by atoms with Gasteiger partial charge in [-0.1, -0.05) is 12.2 Å². The van der Waals surface area contributed by atoms with Gasteiger partial charge in [0.25, 0.3) is 5.56 Å². The molecule has 1 aromatic carbocycles. The van der Waals surface area contributed by atoms with Crippen LogP contribution in [0.15, 0.2) is 23.0 Å². The average molecular weight is 308 g/mol. The fraction of sp³-hybridized carbons (Fsp3) is 0.312. The maximum atomic E-state index is 13.3. The highest BCUT2D eigenvalue weighted by atomic mass is 19.4. The normalized spacial score (nSPS) is 16.5. The third-order valence-corrected chi connectivity index (χ3v) is 3.84. The Morgan fingerprint density at radius 2 is 1.86 bits per heavy atom. The van der Waals surface area contributed by atoms with Crippen molar-refractivity contribution in [1.82, 2.24) is 4.98 Å². The van der Waals surface area contributed by atoms with E-state index >= 15 is 0 Å². The van der Waals surface area contributed by atoms with Crippen LogP contribution in [0.5, 0.6) is 0 Å². The number of fused-ring (bicyclic) bond motifs is 2. The summed E-state index contributed by atoms with van der Waals surface area (Å²) in [5, 5.41) is 3.24. The summed E-state index contributed by atoms with van der Waals surface area (Å²) in [6.07, 6.45) is -0.880. The van der Waals surface area contributed by atoms with Gasteiger partial charge in [0.1, 0.15) is 0 Å². The predicted octanol–water partition coefficient (Wildman–Crippen LogP) is 4.07. The Morgan fingerprint density at radius 3 is 2.50 bits per heavy atom. The van der Waals surface area contributed by atoms with Crippen LogP contribution >= 0.6 is 0 Å². The maximum Gasteiger partial charge on any atom is 0.417 e. The highest BCUT2D eigenvalue weighted by Gasteiger charge is 2.36. The van der Waals surface area contributed by atoms with Gasteiger partial charge in [0.15, 0.2) is 0 Å². The van der Waals surface area contributed by atoms with E-state index in [4.69, 9.17) is 0 Å². The van der Waals surface area contributed by atoms with E-state index in [1.807, 2.05) is 19.9 Å². The zero-order chi connectivity index (χ0) is 16.3. The van der Waals surface area contributed by atoms with E-state index in [1.165, 1.54) is 13.0 Å². The largest absolute Gasteiger partial charge is 0.417 e. The van der Waals surface area contributed by atoms with Gasteiger partial charge in [-0.3, -0.25) is 4.79 Å². The summed E-state index contributed by atoms with van der Waals surface area (Å²) in [6, 6.07) is 3.03. The van der Waals surface area contributed by atoms with Gasteiger partial charge in [-0.25, -0.2) is 0 Å². The highest BCUT2D eigenvalue weighted by Crippen LogP contribution is 2.38. The Balaban J connectivity index is 2.38. The van der Waals surface area contributed by atoms with Crippen molar-refractivity contribution < 1.29 is 13.2 Å². The van der Waals surface area contributed by atoms with Gasteiger partial charge < -0.3 is 10.3 Å². The van der Waals surface area contributed by atoms with Crippen LogP contribution in [-0.4, -0.2) is 10.5 Å². The number of rotatable bonds is 0. The van der Waals surface area contributed by atoms with E-state index in [0.717, 1.165) is 0 Å². The zero-order valence-electron chi connectivity index (χ0n) is 12.4. The van der Waals surface area contributed by atoms with Crippen LogP contribution < -0.4 is 10.9 Å². The fourth-order valence-corrected chi connectivity index (χ4v) is 2.76. The molecule has 0 bridgehead atoms. The van der Waals surface area contributed by atoms with Gasteiger partial charge >= 0.3 is 6.18 Å². The summed E-state index contributed by atoms with van der Waals surface area (Å²) >= 11 is 0. The van der Waals surface area contributed by atoms with E-state index in [0.29, 0.717) is 11.3 Å². The number of pyridine rings is 1. The molecule has 0 aliphatic carbocycles. The molecule has 2 aromatic rings. The summed E-state index contributed by atoms with van der Waals surface area (Å²) in [5.74, 6) is 0. The summed E-state index contributed by atoms with van der Waals surface area (Å²) < 4.78 is 40.0. The van der Waals surface area contributed by atoms with Crippen LogP contribution in [0, 0.1) is 6.92 Å². The fourth-order valence-electron chi connectivity index (χ4n) is 2.76. The molecule has 6 heteroatoms. The molecule has 22 heavy (non-hydrogen) atoms. The molecule has 3 nitrogen and oxygen atoms in total. The van der Waals surface area contributed by atoms with Crippen molar-refractivity contribution in [2.45, 2.75) is 32.5 Å². The molecule has 1 aromatic heterocycles. The second-order valence-electron chi connectivity index (χ2n) is 6.12. The minimum Gasteiger partial charge on any atom is -0.376 e. The number of aromatic nitrogens is 1. The monoisotopic (exact) mass is 308 g/mol. The molecule has 2 N–H and O–H groups in total. The first kappa shape index (κ1) is 14.7. The molecule has 0 amide bonds. The average Bonchev–Trinajstić information content (AvgIpc) is 2.36. The standard InChI is InChI=1S/C16H15F3N2O/c1-8-13(16(17,18)19)10-6-9-4-5-15(2,3)21-11(9)7-12(10)20-14(8)22/h4-7,21H,1-3H3,(H,20,22). The van der Waals surface area contributed by atoms with Crippen molar-refractivity contribution in [1.29, 1.82) is 0 Å². The Kier molecular flexibility index (Phi) is 2.92. The van der Waals surface area contributed by atoms with E-state index in [9.17, 15) is 18.0 Å². The second kappa shape index (κ2) is 4.38. The number of H-pyrrole nitrogens is 1. The molecule has 0 radical (unpaired) electrons. The van der Waals surface area contributed by atoms with Crippen molar-refractivity contribution in [3.05, 3.63) is 45.3 Å². The minimum absolute atomic E-state index is 0.00880. The molecule has 1 aliphatic heterocycles. The highest BCUT2D eigenvalue weighted by molar-refractivity contribution is 5.91. The van der Waals surface area contributed by atoms with Crippen molar-refractivity contribution >= 4 is 22.7 Å². The van der Waals surface area contributed by atoms with Gasteiger partial charge in [-0.15, -0.1) is 0 Å². The third-order valence-electron chi connectivity index (χ3n) is 3.84. The summed E-state index contributed by atoms with van der Waals surface area (Å²) in [6.45, 7) is 5.10. The molecule has 0 unspecified atom stereocenters. The van der Waals surface area contributed by atoms with Crippen LogP contribution in [0.25, 0.3) is 17.0 Å². The Morgan fingerprint density at radius 1 is 1.18 bits per heavy atom. The molecule has 116 valence electrons. The predicted molar refractivity (Wildman–Crippen MR) is 81.0 cm³/mol. The van der Waals surface area contributed by atoms with Gasteiger partial charge in [0.2, 0.25) is 0 Å². The van der Waals surface area contributed by atoms with Crippen molar-refractivity contribution in [2.75, 3.05) is 5.32 Å². The van der Waals surface area contributed by atoms with Crippen molar-refractivity contribution in [2.24, 2.45) is 0 Å². The van der Waals surface area contributed by atoms with Gasteiger partial charge in [-0.05, 0) is 38.5 Å². The van der Waals surface area contributed by atoms with Crippen molar-refractivity contribution in [3.63, 3.8) is 0 Å². The van der Waals surface area contributed by atoms with Gasteiger partial charge in [-0.2, -0.15) is 13.2 Å². The maximum absolute atomic E-state index is 13.3. The van der Waals surface area contributed by atoms with Crippen LogP contribution in [0.2, 0.25) is 0 Å². The summed E-state index contributed by atoms with van der Waals surface area (Å²) in [4.78, 5) is 14.3. The lowest BCUT2D eigenvalue weighted by Crippen LogP contribution is -2.30. The Labute approximate surface area is 124 Å². The molecule has 2 heterocycles. The van der Waals surface area contributed by atoms with Crippen LogP contribution in [0.4, 0.5) is 18.9 Å². The van der Waals surface area contributed by atoms with E-state index < -0.39 is 17.3 Å². The van der Waals surface area contributed by atoms with Gasteiger partial charge in [0, 0.05) is 16.6 Å². The lowest BCUT2D eigenvalue weighted by molar-refractivity contribution is -0.136. The number of benzene rings is 1. The topological polar surface area (TPSA) is 44.9 Å². The number of hydrogen-bond donors (Lipinski definition) is 2. The number of alkyl halides is 3. The first-order chi connectivity index (χ1) is 10.1. The molecule has 3 rings (SSSR count). The van der Waals surface area contributed by atoms with Crippen LogP contribution in [0.1, 0.15) is 30.5 Å². The van der Waals surface area contributed by atoms with E-state index in [-0.39, 0.29) is 22.0 Å². The molecule has 0 saturated carbocycles. The molecule has 0 fully saturated rings. The molecule has 0 spiro atoms. The Bertz CT molecular complexity index is 860. The molecule has 1 aliphatic rings.